The van der Waals surface area contributed by atoms with Gasteiger partial charge in [-0.3, -0.25) is 29.0 Å². The lowest BCUT2D eigenvalue weighted by Crippen LogP contribution is -2.51. The molecule has 0 radical (unpaired) electrons. The number of amides is 1. The summed E-state index contributed by atoms with van der Waals surface area (Å²) in [5.41, 5.74) is 8.42. The fourth-order valence-electron chi connectivity index (χ4n) is 9.98. The van der Waals surface area contributed by atoms with Crippen molar-refractivity contribution in [3.8, 4) is 0 Å². The van der Waals surface area contributed by atoms with E-state index in [1.165, 1.54) is 49.6 Å². The molecule has 1 amide bonds. The van der Waals surface area contributed by atoms with Crippen LogP contribution in [0.15, 0.2) is 46.9 Å². The molecule has 7 atom stereocenters. The van der Waals surface area contributed by atoms with Crippen molar-refractivity contribution in [2.75, 3.05) is 11.1 Å². The zero-order valence-electron chi connectivity index (χ0n) is 31.4. The molecule has 1 aromatic carbocycles. The Balaban J connectivity index is 0.000000196. The largest absolute Gasteiger partial charge is 0.481 e. The Hall–Kier alpha value is -5.47. The predicted octanol–water partition coefficient (Wildman–Crippen LogP) is 4.68. The molecule has 7 N–H and O–H groups in total. The Morgan fingerprint density at radius 1 is 0.982 bits per heavy atom. The molecule has 3 fully saturated rings. The zero-order valence-corrected chi connectivity index (χ0v) is 31.4. The fraction of sp³-hybridized carbons (Fsp3) is 0.525. The maximum atomic E-state index is 12.3. The lowest BCUT2D eigenvalue weighted by atomic mass is 9.47. The Labute approximate surface area is 318 Å². The van der Waals surface area contributed by atoms with Crippen LogP contribution in [0.1, 0.15) is 101 Å². The van der Waals surface area contributed by atoms with Crippen LogP contribution in [0.25, 0.3) is 11.2 Å². The van der Waals surface area contributed by atoms with Gasteiger partial charge >= 0.3 is 11.9 Å². The van der Waals surface area contributed by atoms with Crippen molar-refractivity contribution in [1.29, 1.82) is 0 Å². The summed E-state index contributed by atoms with van der Waals surface area (Å²) in [6.45, 7) is 6.88. The summed E-state index contributed by atoms with van der Waals surface area (Å²) in [5, 5.41) is 23.2. The first-order valence-electron chi connectivity index (χ1n) is 18.9. The molecule has 15 nitrogen and oxygen atoms in total. The second-order valence-electron chi connectivity index (χ2n) is 16.0. The van der Waals surface area contributed by atoms with Crippen molar-refractivity contribution in [2.24, 2.45) is 34.5 Å². The van der Waals surface area contributed by atoms with Gasteiger partial charge in [0, 0.05) is 30.0 Å². The number of nitrogens with one attached hydrogen (secondary N) is 3. The van der Waals surface area contributed by atoms with Crippen molar-refractivity contribution in [1.82, 2.24) is 25.3 Å². The lowest BCUT2D eigenvalue weighted by molar-refractivity contribution is -0.140. The maximum Gasteiger partial charge on any atom is 0.326 e. The predicted molar refractivity (Wildman–Crippen MR) is 203 cm³/mol. The highest BCUT2D eigenvalue weighted by molar-refractivity contribution is 5.97. The fourth-order valence-corrected chi connectivity index (χ4v) is 9.98. The number of Topliss-reactive ketones (excluding diaryl/α,β-unsaturated/α-hetero) is 1. The topological polar surface area (TPSA) is 247 Å². The van der Waals surface area contributed by atoms with E-state index < -0.39 is 29.4 Å². The van der Waals surface area contributed by atoms with Gasteiger partial charge in [-0.25, -0.2) is 14.8 Å². The first-order chi connectivity index (χ1) is 26.1. The van der Waals surface area contributed by atoms with E-state index in [1.807, 2.05) is 6.08 Å². The number of hydrogen-bond acceptors (Lipinski definition) is 11. The highest BCUT2D eigenvalue weighted by Gasteiger charge is 2.59. The van der Waals surface area contributed by atoms with Crippen LogP contribution in [0.3, 0.4) is 0 Å². The number of H-pyrrole nitrogens is 1. The summed E-state index contributed by atoms with van der Waals surface area (Å²) in [7, 11) is 0. The van der Waals surface area contributed by atoms with Crippen molar-refractivity contribution in [3.63, 3.8) is 0 Å². The summed E-state index contributed by atoms with van der Waals surface area (Å²) in [4.78, 5) is 84.6. The van der Waals surface area contributed by atoms with E-state index in [9.17, 15) is 28.8 Å². The molecular weight excluding hydrogens is 706 g/mol. The standard InChI is InChI=1S/C21H30O2.C19H19N7O6/c1-13(22)17-6-7-18-16-5-4-14-12-15(23)8-10-20(14,2)19(16)9-11-21(17,18)3;20-19-25-15-14(17(30)26-19)23-11(8-22-15)7-21-10-3-1-9(2-4-10)16(29)24-12(18(31)32)5-6-13(27)28/h12,16-19H,4-11H2,1-3H3;1-4,8,12,21H,5-7H2,(H,24,29)(H,27,28)(H,31,32)(H3,20,22,25,26,30)/t16-,17+,18-,19-,20-,21+;12-/m00/s1. The number of fused-ring (bicyclic) bond motifs is 6. The quantitative estimate of drug-likeness (QED) is 0.165. The van der Waals surface area contributed by atoms with Crippen LogP contribution < -0.4 is 21.9 Å². The minimum Gasteiger partial charge on any atom is -0.481 e. The van der Waals surface area contributed by atoms with Gasteiger partial charge in [0.05, 0.1) is 18.4 Å². The molecule has 3 saturated carbocycles. The van der Waals surface area contributed by atoms with Gasteiger partial charge < -0.3 is 26.6 Å². The average Bonchev–Trinajstić information content (AvgIpc) is 3.50. The SMILES string of the molecule is CC(=O)[C@H]1CC[C@H]2[C@@H]3CCC4=CC(=O)CC[C@]4(C)[C@H]3CC[C@]12C.Nc1nc2ncc(CNc3ccc(C(=O)N[C@@H](CCC(=O)O)C(=O)O)cc3)nc2c(=O)[nH]1. The summed E-state index contributed by atoms with van der Waals surface area (Å²) >= 11 is 0. The second-order valence-corrected chi connectivity index (χ2v) is 16.0. The number of hydrogen-bond donors (Lipinski definition) is 6. The first kappa shape index (κ1) is 39.2. The molecule has 0 bridgehead atoms. The highest BCUT2D eigenvalue weighted by atomic mass is 16.4. The third-order valence-corrected chi connectivity index (χ3v) is 12.8. The number of benzene rings is 1. The number of carbonyl (C=O) groups excluding carboxylic acids is 3. The lowest BCUT2D eigenvalue weighted by Gasteiger charge is -2.58. The van der Waals surface area contributed by atoms with Crippen LogP contribution in [-0.4, -0.2) is 65.6 Å². The van der Waals surface area contributed by atoms with E-state index in [-0.39, 0.29) is 52.9 Å². The van der Waals surface area contributed by atoms with Crippen molar-refractivity contribution in [3.05, 3.63) is 63.7 Å². The number of carboxylic acid groups (broad SMARTS) is 2. The molecule has 3 aromatic rings. The van der Waals surface area contributed by atoms with E-state index in [4.69, 9.17) is 15.9 Å². The third kappa shape index (κ3) is 8.15. The minimum absolute atomic E-state index is 0.0524. The molecule has 0 spiro atoms. The molecule has 2 aromatic heterocycles. The average molecular weight is 756 g/mol. The van der Waals surface area contributed by atoms with E-state index in [0.717, 1.165) is 43.4 Å². The number of rotatable bonds is 10. The molecule has 55 heavy (non-hydrogen) atoms. The smallest absolute Gasteiger partial charge is 0.326 e. The molecule has 15 heteroatoms. The monoisotopic (exact) mass is 755 g/mol. The Morgan fingerprint density at radius 2 is 1.73 bits per heavy atom. The van der Waals surface area contributed by atoms with Gasteiger partial charge in [-0.2, -0.15) is 4.98 Å². The normalized spacial score (nSPS) is 27.3. The van der Waals surface area contributed by atoms with Gasteiger partial charge in [0.1, 0.15) is 11.8 Å². The number of nitrogen functional groups attached to an aromatic ring is 1. The van der Waals surface area contributed by atoms with Crippen LogP contribution >= 0.6 is 0 Å². The van der Waals surface area contributed by atoms with Crippen LogP contribution in [0.2, 0.25) is 0 Å². The molecule has 0 aliphatic heterocycles. The minimum atomic E-state index is -1.31. The number of nitrogens with zero attached hydrogens (tertiary/aromatic N) is 3. The van der Waals surface area contributed by atoms with Crippen LogP contribution in [0.5, 0.6) is 0 Å². The summed E-state index contributed by atoms with van der Waals surface area (Å²) in [5.74, 6) is 0.135. The van der Waals surface area contributed by atoms with E-state index in [1.54, 1.807) is 19.1 Å². The summed E-state index contributed by atoms with van der Waals surface area (Å²) in [6.07, 6.45) is 11.8. The Kier molecular flexibility index (Phi) is 11.2. The van der Waals surface area contributed by atoms with Gasteiger partial charge in [0.15, 0.2) is 16.9 Å². The number of aromatic amines is 1. The second kappa shape index (κ2) is 15.7. The number of anilines is 2. The summed E-state index contributed by atoms with van der Waals surface area (Å²) in [6, 6.07) is 4.86. The number of aliphatic carboxylic acids is 2. The van der Waals surface area contributed by atoms with Crippen molar-refractivity contribution in [2.45, 2.75) is 97.6 Å². The van der Waals surface area contributed by atoms with Crippen LogP contribution in [-0.2, 0) is 25.7 Å². The number of carbonyl (C=O) groups is 5. The van der Waals surface area contributed by atoms with Gasteiger partial charge in [0.25, 0.3) is 11.5 Å². The number of nitrogens with two attached hydrogens (primary N) is 1. The number of aromatic nitrogens is 4. The molecule has 0 saturated heterocycles. The Morgan fingerprint density at radius 3 is 2.42 bits per heavy atom. The van der Waals surface area contributed by atoms with E-state index in [2.05, 4.69) is 44.4 Å². The highest BCUT2D eigenvalue weighted by Crippen LogP contribution is 2.66. The molecule has 7 rings (SSSR count). The van der Waals surface area contributed by atoms with Gasteiger partial charge in [-0.15, -0.1) is 0 Å². The Bertz CT molecular complexity index is 2100. The molecule has 4 aliphatic carbocycles. The molecule has 0 unspecified atom stereocenters. The van der Waals surface area contributed by atoms with Crippen molar-refractivity contribution >= 4 is 52.2 Å². The van der Waals surface area contributed by atoms with Crippen molar-refractivity contribution < 1.29 is 34.2 Å². The molecule has 292 valence electrons. The zero-order chi connectivity index (χ0) is 39.7. The molecule has 2 heterocycles. The van der Waals surface area contributed by atoms with Gasteiger partial charge in [-0.1, -0.05) is 19.4 Å². The van der Waals surface area contributed by atoms with E-state index in [0.29, 0.717) is 28.9 Å². The van der Waals surface area contributed by atoms with Gasteiger partial charge in [0.2, 0.25) is 5.95 Å². The van der Waals surface area contributed by atoms with Crippen LogP contribution in [0.4, 0.5) is 11.6 Å². The van der Waals surface area contributed by atoms with E-state index >= 15 is 0 Å². The maximum absolute atomic E-state index is 12.3. The number of carboxylic acids is 2. The number of allylic oxidation sites excluding steroid dienone is 1. The third-order valence-electron chi connectivity index (χ3n) is 12.8. The van der Waals surface area contributed by atoms with Gasteiger partial charge in [-0.05, 0) is 117 Å². The first-order valence-corrected chi connectivity index (χ1v) is 18.9. The molecule has 4 aliphatic rings. The number of ketones is 2. The van der Waals surface area contributed by atoms with Crippen LogP contribution in [0, 0.1) is 34.5 Å². The molecular formula is C40H49N7O8. The summed E-state index contributed by atoms with van der Waals surface area (Å²) < 4.78 is 0.